The fourth-order valence-electron chi connectivity index (χ4n) is 2.33. The lowest BCUT2D eigenvalue weighted by atomic mass is 10.0. The molecular formula is C19H23NO2. The van der Waals surface area contributed by atoms with Gasteiger partial charge in [0, 0.05) is 5.56 Å². The van der Waals surface area contributed by atoms with Crippen LogP contribution in [0.5, 0.6) is 5.75 Å². The second kappa shape index (κ2) is 7.64. The van der Waals surface area contributed by atoms with Gasteiger partial charge in [-0.2, -0.15) is 0 Å². The Morgan fingerprint density at radius 1 is 1.05 bits per heavy atom. The van der Waals surface area contributed by atoms with E-state index in [1.807, 2.05) is 19.1 Å². The summed E-state index contributed by atoms with van der Waals surface area (Å²) in [6.07, 6.45) is 0.853. The Balaban J connectivity index is 2.06. The van der Waals surface area contributed by atoms with E-state index in [2.05, 4.69) is 43.4 Å². The summed E-state index contributed by atoms with van der Waals surface area (Å²) in [5.41, 5.74) is 3.00. The molecule has 1 atom stereocenters. The molecule has 1 amide bonds. The van der Waals surface area contributed by atoms with Crippen molar-refractivity contribution in [2.75, 3.05) is 6.61 Å². The summed E-state index contributed by atoms with van der Waals surface area (Å²) in [6, 6.07) is 15.5. The Labute approximate surface area is 132 Å². The molecule has 0 aliphatic heterocycles. The monoisotopic (exact) mass is 297 g/mol. The van der Waals surface area contributed by atoms with E-state index in [1.54, 1.807) is 12.1 Å². The Hall–Kier alpha value is -2.29. The van der Waals surface area contributed by atoms with Gasteiger partial charge in [0.2, 0.25) is 0 Å². The highest BCUT2D eigenvalue weighted by molar-refractivity contribution is 5.94. The topological polar surface area (TPSA) is 38.3 Å². The third kappa shape index (κ3) is 4.10. The maximum Gasteiger partial charge on any atom is 0.251 e. The molecule has 2 rings (SSSR count). The van der Waals surface area contributed by atoms with E-state index in [1.165, 1.54) is 5.56 Å². The highest BCUT2D eigenvalue weighted by Gasteiger charge is 2.14. The lowest BCUT2D eigenvalue weighted by Crippen LogP contribution is -2.28. The number of carbonyl (C=O) groups excluding carboxylic acids is 1. The van der Waals surface area contributed by atoms with Crippen molar-refractivity contribution in [1.82, 2.24) is 5.32 Å². The van der Waals surface area contributed by atoms with Gasteiger partial charge in [0.15, 0.2) is 0 Å². The molecule has 0 heterocycles. The van der Waals surface area contributed by atoms with E-state index in [0.717, 1.165) is 17.7 Å². The molecule has 2 aromatic rings. The maximum absolute atomic E-state index is 12.4. The molecule has 0 bridgehead atoms. The number of rotatable bonds is 6. The molecular weight excluding hydrogens is 274 g/mol. The summed E-state index contributed by atoms with van der Waals surface area (Å²) < 4.78 is 5.39. The van der Waals surface area contributed by atoms with E-state index < -0.39 is 0 Å². The van der Waals surface area contributed by atoms with Crippen molar-refractivity contribution in [1.29, 1.82) is 0 Å². The predicted octanol–water partition coefficient (Wildman–Crippen LogP) is 4.27. The molecule has 2 aromatic carbocycles. The van der Waals surface area contributed by atoms with Crippen LogP contribution in [0.15, 0.2) is 48.5 Å². The van der Waals surface area contributed by atoms with Gasteiger partial charge in [-0.25, -0.2) is 0 Å². The third-order valence-corrected chi connectivity index (χ3v) is 3.62. The zero-order valence-corrected chi connectivity index (χ0v) is 13.4. The van der Waals surface area contributed by atoms with Crippen molar-refractivity contribution in [3.8, 4) is 5.75 Å². The van der Waals surface area contributed by atoms with E-state index in [4.69, 9.17) is 4.74 Å². The van der Waals surface area contributed by atoms with Gasteiger partial charge in [0.05, 0.1) is 12.6 Å². The number of benzene rings is 2. The number of hydrogen-bond acceptors (Lipinski definition) is 2. The highest BCUT2D eigenvalue weighted by atomic mass is 16.5. The minimum absolute atomic E-state index is 0.0275. The average Bonchev–Trinajstić information content (AvgIpc) is 2.54. The van der Waals surface area contributed by atoms with Crippen molar-refractivity contribution in [3.05, 3.63) is 65.2 Å². The number of ether oxygens (including phenoxy) is 1. The molecule has 3 heteroatoms. The second-order valence-corrected chi connectivity index (χ2v) is 5.30. The minimum atomic E-state index is -0.0597. The lowest BCUT2D eigenvalue weighted by Gasteiger charge is -2.18. The smallest absolute Gasteiger partial charge is 0.251 e. The van der Waals surface area contributed by atoms with Crippen LogP contribution < -0.4 is 10.1 Å². The van der Waals surface area contributed by atoms with E-state index in [0.29, 0.717) is 12.2 Å². The number of aryl methyl sites for hydroxylation is 1. The summed E-state index contributed by atoms with van der Waals surface area (Å²) in [6.45, 7) is 6.69. The first-order valence-corrected chi connectivity index (χ1v) is 7.74. The molecule has 3 nitrogen and oxygen atoms in total. The fraction of sp³-hybridized carbons (Fsp3) is 0.316. The zero-order chi connectivity index (χ0) is 15.9. The zero-order valence-electron chi connectivity index (χ0n) is 13.4. The standard InChI is InChI=1S/C19H23NO2/c1-4-18(15-8-6-14(3)7-9-15)20-19(21)16-10-12-17(13-11-16)22-5-2/h6-13,18H,4-5H2,1-3H3,(H,20,21)/t18-/m1/s1. The largest absolute Gasteiger partial charge is 0.494 e. The highest BCUT2D eigenvalue weighted by Crippen LogP contribution is 2.18. The van der Waals surface area contributed by atoms with Crippen LogP contribution in [0, 0.1) is 6.92 Å². The normalized spacial score (nSPS) is 11.8. The molecule has 0 saturated carbocycles. The van der Waals surface area contributed by atoms with Crippen LogP contribution in [0.1, 0.15) is 47.8 Å². The molecule has 0 radical (unpaired) electrons. The molecule has 116 valence electrons. The molecule has 0 aromatic heterocycles. The Morgan fingerprint density at radius 2 is 1.68 bits per heavy atom. The van der Waals surface area contributed by atoms with Gasteiger partial charge in [0.25, 0.3) is 5.91 Å². The van der Waals surface area contributed by atoms with Crippen molar-refractivity contribution in [3.63, 3.8) is 0 Å². The summed E-state index contributed by atoms with van der Waals surface area (Å²) >= 11 is 0. The summed E-state index contributed by atoms with van der Waals surface area (Å²) in [5.74, 6) is 0.722. The molecule has 1 N–H and O–H groups in total. The van der Waals surface area contributed by atoms with E-state index >= 15 is 0 Å². The van der Waals surface area contributed by atoms with Gasteiger partial charge >= 0.3 is 0 Å². The third-order valence-electron chi connectivity index (χ3n) is 3.62. The Morgan fingerprint density at radius 3 is 2.23 bits per heavy atom. The molecule has 0 fully saturated rings. The fourth-order valence-corrected chi connectivity index (χ4v) is 2.33. The first kappa shape index (κ1) is 16.1. The molecule has 22 heavy (non-hydrogen) atoms. The molecule has 0 spiro atoms. The van der Waals surface area contributed by atoms with Crippen molar-refractivity contribution in [2.45, 2.75) is 33.2 Å². The van der Waals surface area contributed by atoms with Gasteiger partial charge in [-0.05, 0) is 50.1 Å². The molecule has 0 aliphatic rings. The number of nitrogens with one attached hydrogen (secondary N) is 1. The van der Waals surface area contributed by atoms with Crippen LogP contribution in [0.3, 0.4) is 0 Å². The van der Waals surface area contributed by atoms with Gasteiger partial charge in [-0.15, -0.1) is 0 Å². The Bertz CT molecular complexity index is 602. The van der Waals surface area contributed by atoms with Crippen LogP contribution in [0.25, 0.3) is 0 Å². The summed E-state index contributed by atoms with van der Waals surface area (Å²) in [7, 11) is 0. The Kier molecular flexibility index (Phi) is 5.59. The van der Waals surface area contributed by atoms with Crippen molar-refractivity contribution >= 4 is 5.91 Å². The second-order valence-electron chi connectivity index (χ2n) is 5.30. The minimum Gasteiger partial charge on any atom is -0.494 e. The van der Waals surface area contributed by atoms with Crippen molar-refractivity contribution < 1.29 is 9.53 Å². The van der Waals surface area contributed by atoms with Crippen LogP contribution in [-0.2, 0) is 0 Å². The van der Waals surface area contributed by atoms with E-state index in [9.17, 15) is 4.79 Å². The predicted molar refractivity (Wildman–Crippen MR) is 89.3 cm³/mol. The molecule has 0 aliphatic carbocycles. The summed E-state index contributed by atoms with van der Waals surface area (Å²) in [5, 5.41) is 3.09. The SMILES string of the molecule is CCOc1ccc(C(=O)N[C@H](CC)c2ccc(C)cc2)cc1. The van der Waals surface area contributed by atoms with Crippen LogP contribution in [0.2, 0.25) is 0 Å². The van der Waals surface area contributed by atoms with Gasteiger partial charge in [-0.3, -0.25) is 4.79 Å². The maximum atomic E-state index is 12.4. The van der Waals surface area contributed by atoms with Crippen molar-refractivity contribution in [2.24, 2.45) is 0 Å². The van der Waals surface area contributed by atoms with E-state index in [-0.39, 0.29) is 11.9 Å². The molecule has 0 unspecified atom stereocenters. The number of amides is 1. The first-order chi connectivity index (χ1) is 10.6. The lowest BCUT2D eigenvalue weighted by molar-refractivity contribution is 0.0935. The first-order valence-electron chi connectivity index (χ1n) is 7.74. The van der Waals surface area contributed by atoms with Crippen LogP contribution in [0.4, 0.5) is 0 Å². The van der Waals surface area contributed by atoms with Gasteiger partial charge in [0.1, 0.15) is 5.75 Å². The van der Waals surface area contributed by atoms with Crippen LogP contribution in [-0.4, -0.2) is 12.5 Å². The number of hydrogen-bond donors (Lipinski definition) is 1. The average molecular weight is 297 g/mol. The quantitative estimate of drug-likeness (QED) is 0.864. The summed E-state index contributed by atoms with van der Waals surface area (Å²) in [4.78, 5) is 12.4. The van der Waals surface area contributed by atoms with Gasteiger partial charge in [-0.1, -0.05) is 36.8 Å². The molecule has 0 saturated heterocycles. The van der Waals surface area contributed by atoms with Gasteiger partial charge < -0.3 is 10.1 Å². The van der Waals surface area contributed by atoms with Crippen LogP contribution >= 0.6 is 0 Å². The number of carbonyl (C=O) groups is 1.